The molecule has 1 aliphatic heterocycles. The van der Waals surface area contributed by atoms with Crippen LogP contribution in [0.2, 0.25) is 0 Å². The van der Waals surface area contributed by atoms with E-state index in [0.717, 1.165) is 39.1 Å². The average molecular weight is 290 g/mol. The highest BCUT2D eigenvalue weighted by atomic mass is 16.2. The molecule has 0 spiro atoms. The van der Waals surface area contributed by atoms with E-state index in [1.165, 1.54) is 24.9 Å². The number of unbranched alkanes of at least 4 members (excludes halogenated alkanes) is 3. The van der Waals surface area contributed by atoms with Crippen LogP contribution in [0.25, 0.3) is 0 Å². The van der Waals surface area contributed by atoms with Crippen molar-refractivity contribution in [3.63, 3.8) is 0 Å². The van der Waals surface area contributed by atoms with Crippen molar-refractivity contribution in [1.82, 2.24) is 15.2 Å². The molecular formula is C16H26N4O. The van der Waals surface area contributed by atoms with Gasteiger partial charge in [-0.25, -0.2) is 4.79 Å². The van der Waals surface area contributed by atoms with Gasteiger partial charge in [0, 0.05) is 50.8 Å². The minimum atomic E-state index is 0.0841. The summed E-state index contributed by atoms with van der Waals surface area (Å²) >= 11 is 0. The number of pyridine rings is 1. The lowest BCUT2D eigenvalue weighted by Crippen LogP contribution is -2.52. The molecule has 0 aliphatic carbocycles. The van der Waals surface area contributed by atoms with Gasteiger partial charge in [-0.2, -0.15) is 0 Å². The van der Waals surface area contributed by atoms with Crippen LogP contribution < -0.4 is 10.2 Å². The molecule has 0 bridgehead atoms. The van der Waals surface area contributed by atoms with Gasteiger partial charge in [-0.15, -0.1) is 0 Å². The summed E-state index contributed by atoms with van der Waals surface area (Å²) in [5.74, 6) is 0. The zero-order valence-electron chi connectivity index (χ0n) is 12.9. The number of piperazine rings is 1. The van der Waals surface area contributed by atoms with Crippen LogP contribution in [0.3, 0.4) is 0 Å². The Balaban J connectivity index is 1.67. The minimum Gasteiger partial charge on any atom is -0.368 e. The van der Waals surface area contributed by atoms with Gasteiger partial charge in [0.05, 0.1) is 0 Å². The Morgan fingerprint density at radius 1 is 1.14 bits per heavy atom. The fourth-order valence-corrected chi connectivity index (χ4v) is 2.58. The Morgan fingerprint density at radius 3 is 2.52 bits per heavy atom. The molecule has 2 amide bonds. The van der Waals surface area contributed by atoms with E-state index < -0.39 is 0 Å². The molecule has 2 rings (SSSR count). The number of nitrogens with one attached hydrogen (secondary N) is 1. The molecule has 0 radical (unpaired) electrons. The van der Waals surface area contributed by atoms with Gasteiger partial charge in [-0.05, 0) is 18.6 Å². The maximum Gasteiger partial charge on any atom is 0.317 e. The SMILES string of the molecule is CCCCCCNC(=O)N1CCN(c2ccncc2)CC1. The first-order valence-corrected chi connectivity index (χ1v) is 7.99. The van der Waals surface area contributed by atoms with Crippen molar-refractivity contribution < 1.29 is 4.79 Å². The molecule has 0 saturated carbocycles. The second-order valence-corrected chi connectivity index (χ2v) is 5.47. The zero-order valence-corrected chi connectivity index (χ0v) is 12.9. The fraction of sp³-hybridized carbons (Fsp3) is 0.625. The summed E-state index contributed by atoms with van der Waals surface area (Å²) in [4.78, 5) is 20.3. The topological polar surface area (TPSA) is 48.5 Å². The van der Waals surface area contributed by atoms with Gasteiger partial charge in [0.2, 0.25) is 0 Å². The molecule has 0 aromatic carbocycles. The second-order valence-electron chi connectivity index (χ2n) is 5.47. The van der Waals surface area contributed by atoms with Crippen molar-refractivity contribution in [3.05, 3.63) is 24.5 Å². The summed E-state index contributed by atoms with van der Waals surface area (Å²) in [5, 5.41) is 3.02. The van der Waals surface area contributed by atoms with Gasteiger partial charge in [-0.3, -0.25) is 4.98 Å². The molecular weight excluding hydrogens is 264 g/mol. The monoisotopic (exact) mass is 290 g/mol. The van der Waals surface area contributed by atoms with Gasteiger partial charge >= 0.3 is 6.03 Å². The Hall–Kier alpha value is -1.78. The molecule has 1 aliphatic rings. The molecule has 1 fully saturated rings. The van der Waals surface area contributed by atoms with Crippen LogP contribution >= 0.6 is 0 Å². The normalized spacial score (nSPS) is 15.1. The van der Waals surface area contributed by atoms with Crippen LogP contribution in [0.4, 0.5) is 10.5 Å². The number of aromatic nitrogens is 1. The number of hydrogen-bond acceptors (Lipinski definition) is 3. The van der Waals surface area contributed by atoms with E-state index in [4.69, 9.17) is 0 Å². The molecule has 5 heteroatoms. The highest BCUT2D eigenvalue weighted by molar-refractivity contribution is 5.74. The first-order valence-electron chi connectivity index (χ1n) is 7.99. The molecule has 0 atom stereocenters. The Bertz CT molecular complexity index is 416. The highest BCUT2D eigenvalue weighted by Crippen LogP contribution is 2.14. The average Bonchev–Trinajstić information content (AvgIpc) is 2.55. The molecule has 21 heavy (non-hydrogen) atoms. The minimum absolute atomic E-state index is 0.0841. The molecule has 5 nitrogen and oxygen atoms in total. The maximum absolute atomic E-state index is 12.1. The molecule has 1 aromatic heterocycles. The first kappa shape index (κ1) is 15.6. The van der Waals surface area contributed by atoms with Gasteiger partial charge in [0.15, 0.2) is 0 Å². The van der Waals surface area contributed by atoms with Crippen molar-refractivity contribution in [2.45, 2.75) is 32.6 Å². The largest absolute Gasteiger partial charge is 0.368 e. The lowest BCUT2D eigenvalue weighted by atomic mass is 10.2. The van der Waals surface area contributed by atoms with Gasteiger partial charge < -0.3 is 15.1 Å². The number of carbonyl (C=O) groups is 1. The number of carbonyl (C=O) groups excluding carboxylic acids is 1. The van der Waals surface area contributed by atoms with E-state index in [1.54, 1.807) is 0 Å². The third-order valence-electron chi connectivity index (χ3n) is 3.90. The van der Waals surface area contributed by atoms with E-state index in [-0.39, 0.29) is 6.03 Å². The molecule has 1 saturated heterocycles. The number of nitrogens with zero attached hydrogens (tertiary/aromatic N) is 3. The van der Waals surface area contributed by atoms with Crippen LogP contribution in [-0.4, -0.2) is 48.6 Å². The van der Waals surface area contributed by atoms with Gasteiger partial charge in [0.1, 0.15) is 0 Å². The predicted octanol–water partition coefficient (Wildman–Crippen LogP) is 2.49. The van der Waals surface area contributed by atoms with Gasteiger partial charge in [-0.1, -0.05) is 26.2 Å². The lowest BCUT2D eigenvalue weighted by Gasteiger charge is -2.36. The maximum atomic E-state index is 12.1. The molecule has 116 valence electrons. The van der Waals surface area contributed by atoms with Gasteiger partial charge in [0.25, 0.3) is 0 Å². The summed E-state index contributed by atoms with van der Waals surface area (Å²) in [7, 11) is 0. The quantitative estimate of drug-likeness (QED) is 0.819. The highest BCUT2D eigenvalue weighted by Gasteiger charge is 2.20. The lowest BCUT2D eigenvalue weighted by molar-refractivity contribution is 0.194. The van der Waals surface area contributed by atoms with Crippen molar-refractivity contribution in [2.75, 3.05) is 37.6 Å². The van der Waals surface area contributed by atoms with E-state index in [1.807, 2.05) is 29.4 Å². The Kier molecular flexibility index (Phi) is 6.31. The third kappa shape index (κ3) is 4.92. The third-order valence-corrected chi connectivity index (χ3v) is 3.90. The van der Waals surface area contributed by atoms with Crippen molar-refractivity contribution in [1.29, 1.82) is 0 Å². The van der Waals surface area contributed by atoms with Crippen LogP contribution in [-0.2, 0) is 0 Å². The summed E-state index contributed by atoms with van der Waals surface area (Å²) < 4.78 is 0. The summed E-state index contributed by atoms with van der Waals surface area (Å²) in [6.45, 7) is 6.32. The smallest absolute Gasteiger partial charge is 0.317 e. The van der Waals surface area contributed by atoms with Crippen molar-refractivity contribution in [3.8, 4) is 0 Å². The summed E-state index contributed by atoms with van der Waals surface area (Å²) in [5.41, 5.74) is 1.18. The van der Waals surface area contributed by atoms with E-state index in [0.29, 0.717) is 0 Å². The van der Waals surface area contributed by atoms with E-state index in [9.17, 15) is 4.79 Å². The van der Waals surface area contributed by atoms with Crippen LogP contribution in [0.5, 0.6) is 0 Å². The number of amides is 2. The number of rotatable bonds is 6. The molecule has 2 heterocycles. The zero-order chi connectivity index (χ0) is 14.9. The predicted molar refractivity (Wildman–Crippen MR) is 85.6 cm³/mol. The number of anilines is 1. The van der Waals surface area contributed by atoms with Crippen molar-refractivity contribution in [2.24, 2.45) is 0 Å². The molecule has 1 aromatic rings. The van der Waals surface area contributed by atoms with Crippen molar-refractivity contribution >= 4 is 11.7 Å². The summed E-state index contributed by atoms with van der Waals surface area (Å²) in [6, 6.07) is 4.12. The van der Waals surface area contributed by atoms with Crippen LogP contribution in [0.15, 0.2) is 24.5 Å². The summed E-state index contributed by atoms with van der Waals surface area (Å²) in [6.07, 6.45) is 8.38. The van der Waals surface area contributed by atoms with E-state index >= 15 is 0 Å². The first-order chi connectivity index (χ1) is 10.3. The molecule has 0 unspecified atom stereocenters. The number of urea groups is 1. The Morgan fingerprint density at radius 2 is 1.86 bits per heavy atom. The van der Waals surface area contributed by atoms with Crippen LogP contribution in [0, 0.1) is 0 Å². The number of hydrogen-bond donors (Lipinski definition) is 1. The standard InChI is InChI=1S/C16H26N4O/c1-2-3-4-5-8-18-16(21)20-13-11-19(12-14-20)15-6-9-17-10-7-15/h6-7,9-10H,2-5,8,11-14H2,1H3,(H,18,21). The van der Waals surface area contributed by atoms with Crippen LogP contribution in [0.1, 0.15) is 32.6 Å². The fourth-order valence-electron chi connectivity index (χ4n) is 2.58. The second kappa shape index (κ2) is 8.49. The Labute approximate surface area is 127 Å². The molecule has 1 N–H and O–H groups in total. The van der Waals surface area contributed by atoms with E-state index in [2.05, 4.69) is 22.1 Å².